The Balaban J connectivity index is 2.72. The van der Waals surface area contributed by atoms with Crippen LogP contribution in [0.25, 0.3) is 0 Å². The molecule has 1 aromatic heterocycles. The molecule has 0 fully saturated rings. The third kappa shape index (κ3) is 3.12. The Kier molecular flexibility index (Phi) is 3.90. The van der Waals surface area contributed by atoms with Crippen molar-refractivity contribution in [3.05, 3.63) is 30.7 Å². The molecule has 0 bridgehead atoms. The number of rotatable bonds is 4. The van der Waals surface area contributed by atoms with E-state index < -0.39 is 12.7 Å². The quantitative estimate of drug-likeness (QED) is 0.588. The summed E-state index contributed by atoms with van der Waals surface area (Å²) in [5, 5.41) is 20.2. The Labute approximate surface area is 86.3 Å². The molecule has 1 aromatic rings. The molecular weight excluding hydrogens is 198 g/mol. The van der Waals surface area contributed by atoms with Crippen molar-refractivity contribution in [2.24, 2.45) is 0 Å². The van der Waals surface area contributed by atoms with Crippen molar-refractivity contribution in [2.75, 3.05) is 11.9 Å². The Morgan fingerprint density at radius 2 is 2.33 bits per heavy atom. The molecule has 6 heteroatoms. The summed E-state index contributed by atoms with van der Waals surface area (Å²) in [6, 6.07) is 0. The van der Waals surface area contributed by atoms with Gasteiger partial charge in [-0.25, -0.2) is 4.98 Å². The Bertz CT molecular complexity index is 350. The number of nitrogens with zero attached hydrogens (tertiary/aromatic N) is 2. The summed E-state index contributed by atoms with van der Waals surface area (Å²) in [6.07, 6.45) is 2.62. The second-order valence-corrected chi connectivity index (χ2v) is 2.72. The van der Waals surface area contributed by atoms with Crippen LogP contribution in [-0.2, 0) is 4.79 Å². The summed E-state index contributed by atoms with van der Waals surface area (Å²) >= 11 is 0. The molecule has 0 saturated carbocycles. The van der Waals surface area contributed by atoms with E-state index in [4.69, 9.17) is 5.11 Å². The van der Waals surface area contributed by atoms with Gasteiger partial charge in [0.05, 0.1) is 24.7 Å². The molecule has 1 heterocycles. The summed E-state index contributed by atoms with van der Waals surface area (Å²) in [6.45, 7) is 2.86. The lowest BCUT2D eigenvalue weighted by molar-refractivity contribution is -0.111. The number of aliphatic hydroxyl groups excluding tert-OH is 2. The van der Waals surface area contributed by atoms with Crippen LogP contribution in [0.3, 0.4) is 0 Å². The minimum absolute atomic E-state index is 0.245. The summed E-state index contributed by atoms with van der Waals surface area (Å²) < 4.78 is 0. The second kappa shape index (κ2) is 5.18. The number of aliphatic hydroxyl groups is 2. The zero-order chi connectivity index (χ0) is 11.3. The number of anilines is 1. The van der Waals surface area contributed by atoms with Gasteiger partial charge in [-0.1, -0.05) is 6.58 Å². The molecular formula is C9H11N3O3. The van der Waals surface area contributed by atoms with E-state index in [1.54, 1.807) is 0 Å². The van der Waals surface area contributed by atoms with E-state index in [2.05, 4.69) is 21.9 Å². The summed E-state index contributed by atoms with van der Waals surface area (Å²) in [5.41, 5.74) is 0.245. The molecule has 0 spiro atoms. The molecule has 0 unspecified atom stereocenters. The molecule has 0 saturated heterocycles. The van der Waals surface area contributed by atoms with Crippen LogP contribution in [0.1, 0.15) is 11.8 Å². The topological polar surface area (TPSA) is 95.3 Å². The minimum atomic E-state index is -1.05. The molecule has 15 heavy (non-hydrogen) atoms. The van der Waals surface area contributed by atoms with Gasteiger partial charge in [-0.15, -0.1) is 0 Å². The smallest absolute Gasteiger partial charge is 0.248 e. The molecule has 80 valence electrons. The SMILES string of the molecule is C=CC(=O)Nc1cnc([C@@H](O)CO)cn1. The van der Waals surface area contributed by atoms with Gasteiger partial charge in [0, 0.05) is 0 Å². The van der Waals surface area contributed by atoms with Crippen LogP contribution < -0.4 is 5.32 Å². The Hall–Kier alpha value is -1.79. The maximum atomic E-state index is 10.9. The lowest BCUT2D eigenvalue weighted by atomic mass is 10.3. The predicted octanol–water partition coefficient (Wildman–Crippen LogP) is -0.373. The van der Waals surface area contributed by atoms with E-state index in [9.17, 15) is 9.90 Å². The molecule has 0 aliphatic heterocycles. The molecule has 1 atom stereocenters. The minimum Gasteiger partial charge on any atom is -0.393 e. The monoisotopic (exact) mass is 209 g/mol. The molecule has 0 aromatic carbocycles. The number of nitrogens with one attached hydrogen (secondary N) is 1. The van der Waals surface area contributed by atoms with E-state index in [1.165, 1.54) is 12.4 Å². The second-order valence-electron chi connectivity index (χ2n) is 2.72. The first-order chi connectivity index (χ1) is 7.17. The van der Waals surface area contributed by atoms with E-state index in [1.807, 2.05) is 0 Å². The van der Waals surface area contributed by atoms with Crippen LogP contribution in [0.5, 0.6) is 0 Å². The molecule has 1 rings (SSSR count). The van der Waals surface area contributed by atoms with Gasteiger partial charge < -0.3 is 15.5 Å². The van der Waals surface area contributed by atoms with E-state index in [-0.39, 0.29) is 17.4 Å². The number of hydrogen-bond donors (Lipinski definition) is 3. The highest BCUT2D eigenvalue weighted by Crippen LogP contribution is 2.08. The van der Waals surface area contributed by atoms with E-state index in [0.717, 1.165) is 6.08 Å². The fraction of sp³-hybridized carbons (Fsp3) is 0.222. The van der Waals surface area contributed by atoms with Crippen molar-refractivity contribution in [1.82, 2.24) is 9.97 Å². The fourth-order valence-electron chi connectivity index (χ4n) is 0.845. The van der Waals surface area contributed by atoms with Gasteiger partial charge in [0.25, 0.3) is 0 Å². The first kappa shape index (κ1) is 11.3. The average molecular weight is 209 g/mol. The average Bonchev–Trinajstić information content (AvgIpc) is 2.29. The third-order valence-electron chi connectivity index (χ3n) is 1.62. The fourth-order valence-corrected chi connectivity index (χ4v) is 0.845. The van der Waals surface area contributed by atoms with Crippen LogP contribution in [0.2, 0.25) is 0 Å². The summed E-state index contributed by atoms with van der Waals surface area (Å²) in [4.78, 5) is 18.5. The zero-order valence-electron chi connectivity index (χ0n) is 7.92. The van der Waals surface area contributed by atoms with Crippen molar-refractivity contribution in [2.45, 2.75) is 6.10 Å². The first-order valence-electron chi connectivity index (χ1n) is 4.21. The highest BCUT2D eigenvalue weighted by Gasteiger charge is 2.08. The van der Waals surface area contributed by atoms with Crippen LogP contribution in [0.4, 0.5) is 5.82 Å². The standard InChI is InChI=1S/C9H11N3O3/c1-2-9(15)12-8-4-10-6(3-11-8)7(14)5-13/h2-4,7,13-14H,1,5H2,(H,11,12,15)/t7-/m0/s1. The van der Waals surface area contributed by atoms with Crippen molar-refractivity contribution >= 4 is 11.7 Å². The molecule has 6 nitrogen and oxygen atoms in total. The van der Waals surface area contributed by atoms with E-state index in [0.29, 0.717) is 0 Å². The van der Waals surface area contributed by atoms with Gasteiger partial charge in [-0.2, -0.15) is 0 Å². The van der Waals surface area contributed by atoms with Crippen molar-refractivity contribution in [3.8, 4) is 0 Å². The van der Waals surface area contributed by atoms with Gasteiger partial charge in [-0.05, 0) is 6.08 Å². The highest BCUT2D eigenvalue weighted by atomic mass is 16.3. The van der Waals surface area contributed by atoms with Crippen LogP contribution in [0, 0.1) is 0 Å². The van der Waals surface area contributed by atoms with Gasteiger partial charge in [0.15, 0.2) is 5.82 Å². The van der Waals surface area contributed by atoms with Gasteiger partial charge in [0.2, 0.25) is 5.91 Å². The highest BCUT2D eigenvalue weighted by molar-refractivity contribution is 5.98. The number of carbonyl (C=O) groups excluding carboxylic acids is 1. The number of aromatic nitrogens is 2. The molecule has 0 aliphatic carbocycles. The van der Waals surface area contributed by atoms with E-state index >= 15 is 0 Å². The van der Waals surface area contributed by atoms with Gasteiger partial charge in [-0.3, -0.25) is 9.78 Å². The predicted molar refractivity (Wildman–Crippen MR) is 52.9 cm³/mol. The number of amides is 1. The largest absolute Gasteiger partial charge is 0.393 e. The normalized spacial score (nSPS) is 11.9. The maximum absolute atomic E-state index is 10.9. The van der Waals surface area contributed by atoms with Gasteiger partial charge >= 0.3 is 0 Å². The third-order valence-corrected chi connectivity index (χ3v) is 1.62. The zero-order valence-corrected chi connectivity index (χ0v) is 7.92. The first-order valence-corrected chi connectivity index (χ1v) is 4.21. The van der Waals surface area contributed by atoms with Gasteiger partial charge in [0.1, 0.15) is 6.10 Å². The molecule has 0 radical (unpaired) electrons. The number of hydrogen-bond acceptors (Lipinski definition) is 5. The summed E-state index contributed by atoms with van der Waals surface area (Å²) in [7, 11) is 0. The Morgan fingerprint density at radius 1 is 1.60 bits per heavy atom. The van der Waals surface area contributed by atoms with Crippen LogP contribution in [-0.4, -0.2) is 32.7 Å². The lowest BCUT2D eigenvalue weighted by Gasteiger charge is -2.06. The number of carbonyl (C=O) groups is 1. The van der Waals surface area contributed by atoms with Crippen LogP contribution in [0.15, 0.2) is 25.0 Å². The summed E-state index contributed by atoms with van der Waals surface area (Å²) in [5.74, 6) is -0.131. The molecule has 1 amide bonds. The molecule has 3 N–H and O–H groups in total. The van der Waals surface area contributed by atoms with Crippen molar-refractivity contribution < 1.29 is 15.0 Å². The Morgan fingerprint density at radius 3 is 2.80 bits per heavy atom. The van der Waals surface area contributed by atoms with Crippen molar-refractivity contribution in [1.29, 1.82) is 0 Å². The molecule has 0 aliphatic rings. The van der Waals surface area contributed by atoms with Crippen LogP contribution >= 0.6 is 0 Å². The lowest BCUT2D eigenvalue weighted by Crippen LogP contribution is -2.11. The maximum Gasteiger partial charge on any atom is 0.248 e. The van der Waals surface area contributed by atoms with Crippen molar-refractivity contribution in [3.63, 3.8) is 0 Å².